The zero-order valence-electron chi connectivity index (χ0n) is 11.1. The number of fused-ring (bicyclic) bond motifs is 1. The zero-order valence-corrected chi connectivity index (χ0v) is 12.6. The van der Waals surface area contributed by atoms with Gasteiger partial charge in [-0.15, -0.1) is 0 Å². The maximum absolute atomic E-state index is 12.5. The van der Waals surface area contributed by atoms with Gasteiger partial charge in [-0.25, -0.2) is 0 Å². The normalized spacial score (nSPS) is 19.3. The lowest BCUT2D eigenvalue weighted by molar-refractivity contribution is 0.0474. The van der Waals surface area contributed by atoms with Crippen molar-refractivity contribution < 1.29 is 9.90 Å². The number of carbonyl (C=O) groups excluding carboxylic acids is 1. The molecule has 0 aromatic heterocycles. The minimum absolute atomic E-state index is 0.00793. The second-order valence-electron chi connectivity index (χ2n) is 5.25. The molecule has 2 aromatic carbocycles. The van der Waals surface area contributed by atoms with Gasteiger partial charge in [0, 0.05) is 23.1 Å². The van der Waals surface area contributed by atoms with Crippen molar-refractivity contribution in [2.45, 2.75) is 18.9 Å². The SMILES string of the molecule is O=C(c1ccc2cc(Br)ccc2c1)N1CCC[C@H](O)C1. The fourth-order valence-corrected chi connectivity index (χ4v) is 3.05. The lowest BCUT2D eigenvalue weighted by Gasteiger charge is -2.30. The first-order valence-corrected chi connectivity index (χ1v) is 7.59. The molecule has 4 heteroatoms. The summed E-state index contributed by atoms with van der Waals surface area (Å²) in [4.78, 5) is 14.2. The maximum atomic E-state index is 12.5. The highest BCUT2D eigenvalue weighted by atomic mass is 79.9. The lowest BCUT2D eigenvalue weighted by Crippen LogP contribution is -2.42. The Kier molecular flexibility index (Phi) is 3.76. The van der Waals surface area contributed by atoms with E-state index in [9.17, 15) is 9.90 Å². The molecule has 20 heavy (non-hydrogen) atoms. The highest BCUT2D eigenvalue weighted by molar-refractivity contribution is 9.10. The summed E-state index contributed by atoms with van der Waals surface area (Å²) in [5, 5.41) is 11.8. The monoisotopic (exact) mass is 333 g/mol. The number of piperidine rings is 1. The van der Waals surface area contributed by atoms with Crippen LogP contribution in [0.5, 0.6) is 0 Å². The minimum atomic E-state index is -0.385. The van der Waals surface area contributed by atoms with Gasteiger partial charge in [-0.2, -0.15) is 0 Å². The number of carbonyl (C=O) groups is 1. The first-order chi connectivity index (χ1) is 9.63. The first-order valence-electron chi connectivity index (χ1n) is 6.80. The highest BCUT2D eigenvalue weighted by Crippen LogP contribution is 2.22. The van der Waals surface area contributed by atoms with Crippen LogP contribution >= 0.6 is 15.9 Å². The van der Waals surface area contributed by atoms with E-state index in [1.807, 2.05) is 36.4 Å². The first kappa shape index (κ1) is 13.6. The molecule has 0 unspecified atom stereocenters. The molecule has 1 amide bonds. The Balaban J connectivity index is 1.89. The van der Waals surface area contributed by atoms with Gasteiger partial charge in [0.15, 0.2) is 0 Å². The molecule has 1 aliphatic rings. The molecule has 0 spiro atoms. The van der Waals surface area contributed by atoms with Crippen molar-refractivity contribution in [1.29, 1.82) is 0 Å². The molecule has 1 saturated heterocycles. The summed E-state index contributed by atoms with van der Waals surface area (Å²) in [7, 11) is 0. The number of rotatable bonds is 1. The average Bonchev–Trinajstić information content (AvgIpc) is 2.46. The van der Waals surface area contributed by atoms with E-state index in [1.165, 1.54) is 0 Å². The average molecular weight is 334 g/mol. The fourth-order valence-electron chi connectivity index (χ4n) is 2.67. The molecule has 3 nitrogen and oxygen atoms in total. The van der Waals surface area contributed by atoms with Crippen molar-refractivity contribution in [3.05, 3.63) is 46.4 Å². The summed E-state index contributed by atoms with van der Waals surface area (Å²) in [5.41, 5.74) is 0.689. The molecule has 1 aliphatic heterocycles. The van der Waals surface area contributed by atoms with Crippen LogP contribution in [0.3, 0.4) is 0 Å². The largest absolute Gasteiger partial charge is 0.391 e. The van der Waals surface area contributed by atoms with Gasteiger partial charge in [0.05, 0.1) is 6.10 Å². The van der Waals surface area contributed by atoms with Crippen LogP contribution in [0.4, 0.5) is 0 Å². The molecule has 1 fully saturated rings. The number of aliphatic hydroxyl groups excluding tert-OH is 1. The molecule has 3 rings (SSSR count). The zero-order chi connectivity index (χ0) is 14.1. The smallest absolute Gasteiger partial charge is 0.253 e. The number of benzene rings is 2. The molecule has 1 N–H and O–H groups in total. The van der Waals surface area contributed by atoms with E-state index in [2.05, 4.69) is 15.9 Å². The van der Waals surface area contributed by atoms with Crippen molar-refractivity contribution >= 4 is 32.6 Å². The topological polar surface area (TPSA) is 40.5 Å². The highest BCUT2D eigenvalue weighted by Gasteiger charge is 2.23. The minimum Gasteiger partial charge on any atom is -0.391 e. The predicted octanol–water partition coefficient (Wildman–Crippen LogP) is 3.20. The molecule has 104 valence electrons. The quantitative estimate of drug-likeness (QED) is 0.870. The van der Waals surface area contributed by atoms with Gasteiger partial charge < -0.3 is 10.0 Å². The standard InChI is InChI=1S/C16H16BrNO2/c17-14-6-5-11-8-13(4-3-12(11)9-14)16(20)18-7-1-2-15(19)10-18/h3-6,8-9,15,19H,1-2,7,10H2/t15-/m0/s1. The summed E-state index contributed by atoms with van der Waals surface area (Å²) >= 11 is 3.45. The Bertz CT molecular complexity index is 656. The predicted molar refractivity (Wildman–Crippen MR) is 82.8 cm³/mol. The molecule has 2 aromatic rings. The lowest BCUT2D eigenvalue weighted by atomic mass is 10.0. The van der Waals surface area contributed by atoms with Gasteiger partial charge in [-0.1, -0.05) is 28.1 Å². The van der Waals surface area contributed by atoms with E-state index >= 15 is 0 Å². The third kappa shape index (κ3) is 2.72. The number of likely N-dealkylation sites (tertiary alicyclic amines) is 1. The fraction of sp³-hybridized carbons (Fsp3) is 0.312. The van der Waals surface area contributed by atoms with E-state index in [4.69, 9.17) is 0 Å². The van der Waals surface area contributed by atoms with Crippen LogP contribution in [0.1, 0.15) is 23.2 Å². The second kappa shape index (κ2) is 5.54. The van der Waals surface area contributed by atoms with Crippen LogP contribution < -0.4 is 0 Å². The van der Waals surface area contributed by atoms with Gasteiger partial charge in [-0.3, -0.25) is 4.79 Å². The van der Waals surface area contributed by atoms with Crippen LogP contribution in [0, 0.1) is 0 Å². The van der Waals surface area contributed by atoms with Gasteiger partial charge in [0.1, 0.15) is 0 Å². The van der Waals surface area contributed by atoms with Gasteiger partial charge in [0.25, 0.3) is 5.91 Å². The van der Waals surface area contributed by atoms with Crippen molar-refractivity contribution in [1.82, 2.24) is 4.90 Å². The van der Waals surface area contributed by atoms with Crippen molar-refractivity contribution in [3.8, 4) is 0 Å². The summed E-state index contributed by atoms with van der Waals surface area (Å²) in [6.45, 7) is 1.17. The molecule has 1 heterocycles. The summed E-state index contributed by atoms with van der Waals surface area (Å²) in [5.74, 6) is 0.00793. The van der Waals surface area contributed by atoms with Gasteiger partial charge in [-0.05, 0) is 47.9 Å². The van der Waals surface area contributed by atoms with E-state index < -0.39 is 0 Å². The summed E-state index contributed by atoms with van der Waals surface area (Å²) in [6.07, 6.45) is 1.27. The van der Waals surface area contributed by atoms with Crippen LogP contribution in [-0.4, -0.2) is 35.1 Å². The molecule has 1 atom stereocenters. The maximum Gasteiger partial charge on any atom is 0.253 e. The number of halogens is 1. The summed E-state index contributed by atoms with van der Waals surface area (Å²) < 4.78 is 1.03. The van der Waals surface area contributed by atoms with Crippen molar-refractivity contribution in [3.63, 3.8) is 0 Å². The van der Waals surface area contributed by atoms with Crippen LogP contribution in [0.25, 0.3) is 10.8 Å². The van der Waals surface area contributed by atoms with E-state index in [0.717, 1.165) is 34.6 Å². The number of amides is 1. The van der Waals surface area contributed by atoms with Gasteiger partial charge >= 0.3 is 0 Å². The van der Waals surface area contributed by atoms with Crippen LogP contribution in [0.2, 0.25) is 0 Å². The second-order valence-corrected chi connectivity index (χ2v) is 6.17. The number of nitrogens with zero attached hydrogens (tertiary/aromatic N) is 1. The molecule has 0 saturated carbocycles. The number of hydrogen-bond acceptors (Lipinski definition) is 2. The third-order valence-corrected chi connectivity index (χ3v) is 4.23. The van der Waals surface area contributed by atoms with Crippen molar-refractivity contribution in [2.75, 3.05) is 13.1 Å². The van der Waals surface area contributed by atoms with Gasteiger partial charge in [0.2, 0.25) is 0 Å². The van der Waals surface area contributed by atoms with E-state index in [1.54, 1.807) is 4.90 Å². The molecule has 0 bridgehead atoms. The Labute approximate surface area is 126 Å². The van der Waals surface area contributed by atoms with E-state index in [-0.39, 0.29) is 12.0 Å². The summed E-state index contributed by atoms with van der Waals surface area (Å²) in [6, 6.07) is 11.8. The van der Waals surface area contributed by atoms with Crippen LogP contribution in [-0.2, 0) is 0 Å². The van der Waals surface area contributed by atoms with E-state index in [0.29, 0.717) is 12.1 Å². The Morgan fingerprint density at radius 1 is 1.20 bits per heavy atom. The number of aliphatic hydroxyl groups is 1. The third-order valence-electron chi connectivity index (χ3n) is 3.73. The van der Waals surface area contributed by atoms with Crippen molar-refractivity contribution in [2.24, 2.45) is 0 Å². The molecular formula is C16H16BrNO2. The van der Waals surface area contributed by atoms with Crippen LogP contribution in [0.15, 0.2) is 40.9 Å². The Morgan fingerprint density at radius 3 is 2.75 bits per heavy atom. The number of β-amino-alcohol motifs (C(OH)–C–C–N with tert-alkyl or cyclic N) is 1. The molecule has 0 aliphatic carbocycles. The Morgan fingerprint density at radius 2 is 1.95 bits per heavy atom. The molecule has 0 radical (unpaired) electrons. The number of hydrogen-bond donors (Lipinski definition) is 1. The molecular weight excluding hydrogens is 318 g/mol. The Hall–Kier alpha value is -1.39.